The molecule has 0 bridgehead atoms. The van der Waals surface area contributed by atoms with Crippen molar-refractivity contribution in [1.29, 1.82) is 0 Å². The molecule has 0 aromatic heterocycles. The maximum absolute atomic E-state index is 11.4. The van der Waals surface area contributed by atoms with Gasteiger partial charge in [0.05, 0.1) is 14.2 Å². The molecule has 0 atom stereocenters. The van der Waals surface area contributed by atoms with Crippen molar-refractivity contribution in [2.24, 2.45) is 0 Å². The average Bonchev–Trinajstić information content (AvgIpc) is 2.15. The van der Waals surface area contributed by atoms with Gasteiger partial charge < -0.3 is 9.47 Å². The number of ether oxygens (including phenoxy) is 2. The van der Waals surface area contributed by atoms with Crippen LogP contribution in [0.3, 0.4) is 0 Å². The number of ketones is 1. The monoisotopic (exact) mass is 306 g/mol. The van der Waals surface area contributed by atoms with E-state index in [2.05, 4.69) is 22.6 Å². The highest BCUT2D eigenvalue weighted by Gasteiger charge is 2.15. The standard InChI is InChI=1S/C10H11IO3/c1-6(12)10-8(13-2)4-7(11)5-9(10)14-3/h4-5H,1-3H3. The van der Waals surface area contributed by atoms with Gasteiger partial charge in [-0.15, -0.1) is 0 Å². The SMILES string of the molecule is COc1cc(I)cc(OC)c1C(C)=O. The Morgan fingerprint density at radius 3 is 1.93 bits per heavy atom. The molecular weight excluding hydrogens is 295 g/mol. The van der Waals surface area contributed by atoms with Crippen LogP contribution in [0.25, 0.3) is 0 Å². The number of hydrogen-bond donors (Lipinski definition) is 0. The molecule has 0 heterocycles. The highest BCUT2D eigenvalue weighted by atomic mass is 127. The molecule has 0 aliphatic heterocycles. The van der Waals surface area contributed by atoms with Crippen molar-refractivity contribution >= 4 is 28.4 Å². The van der Waals surface area contributed by atoms with Crippen LogP contribution in [0.15, 0.2) is 12.1 Å². The largest absolute Gasteiger partial charge is 0.496 e. The zero-order chi connectivity index (χ0) is 10.7. The summed E-state index contributed by atoms with van der Waals surface area (Å²) in [4.78, 5) is 11.4. The predicted octanol–water partition coefficient (Wildman–Crippen LogP) is 2.51. The fourth-order valence-corrected chi connectivity index (χ4v) is 1.79. The van der Waals surface area contributed by atoms with E-state index in [4.69, 9.17) is 9.47 Å². The van der Waals surface area contributed by atoms with Crippen molar-refractivity contribution in [3.05, 3.63) is 21.3 Å². The molecule has 0 saturated carbocycles. The molecule has 0 spiro atoms. The predicted molar refractivity (Wildman–Crippen MR) is 62.3 cm³/mol. The maximum atomic E-state index is 11.4. The first-order valence-corrected chi connectivity index (χ1v) is 5.10. The number of benzene rings is 1. The molecule has 1 aromatic carbocycles. The van der Waals surface area contributed by atoms with E-state index < -0.39 is 0 Å². The summed E-state index contributed by atoms with van der Waals surface area (Å²) in [6.45, 7) is 1.49. The normalized spacial score (nSPS) is 9.71. The number of Topliss-reactive ketones (excluding diaryl/α,β-unsaturated/α-hetero) is 1. The number of methoxy groups -OCH3 is 2. The summed E-state index contributed by atoms with van der Waals surface area (Å²) < 4.78 is 11.2. The van der Waals surface area contributed by atoms with Crippen LogP contribution in [-0.4, -0.2) is 20.0 Å². The molecule has 0 fully saturated rings. The second-order valence-corrected chi connectivity index (χ2v) is 3.99. The van der Waals surface area contributed by atoms with E-state index in [9.17, 15) is 4.79 Å². The molecule has 1 aromatic rings. The van der Waals surface area contributed by atoms with Crippen molar-refractivity contribution in [2.45, 2.75) is 6.92 Å². The Hall–Kier alpha value is -0.780. The Labute approximate surface area is 96.5 Å². The number of hydrogen-bond acceptors (Lipinski definition) is 3. The van der Waals surface area contributed by atoms with Gasteiger partial charge in [0, 0.05) is 3.57 Å². The quantitative estimate of drug-likeness (QED) is 0.636. The summed E-state index contributed by atoms with van der Waals surface area (Å²) in [5.74, 6) is 1.05. The first kappa shape index (κ1) is 11.3. The van der Waals surface area contributed by atoms with Crippen molar-refractivity contribution < 1.29 is 14.3 Å². The summed E-state index contributed by atoms with van der Waals surface area (Å²) in [7, 11) is 3.08. The molecule has 0 unspecified atom stereocenters. The van der Waals surface area contributed by atoms with Crippen molar-refractivity contribution in [1.82, 2.24) is 0 Å². The van der Waals surface area contributed by atoms with E-state index >= 15 is 0 Å². The van der Waals surface area contributed by atoms with Gasteiger partial charge in [0.25, 0.3) is 0 Å². The molecule has 14 heavy (non-hydrogen) atoms. The molecule has 1 rings (SSSR count). The maximum Gasteiger partial charge on any atom is 0.167 e. The second kappa shape index (κ2) is 4.63. The second-order valence-electron chi connectivity index (χ2n) is 2.74. The first-order chi connectivity index (χ1) is 6.60. The van der Waals surface area contributed by atoms with Crippen molar-refractivity contribution in [2.75, 3.05) is 14.2 Å². The van der Waals surface area contributed by atoms with Gasteiger partial charge in [-0.25, -0.2) is 0 Å². The summed E-state index contributed by atoms with van der Waals surface area (Å²) in [6.07, 6.45) is 0. The fraction of sp³-hybridized carbons (Fsp3) is 0.300. The Balaban J connectivity index is 3.40. The zero-order valence-corrected chi connectivity index (χ0v) is 10.4. The zero-order valence-electron chi connectivity index (χ0n) is 8.26. The van der Waals surface area contributed by atoms with Crippen LogP contribution in [0, 0.1) is 3.57 Å². The summed E-state index contributed by atoms with van der Waals surface area (Å²) in [5.41, 5.74) is 0.496. The molecule has 0 aliphatic carbocycles. The van der Waals surface area contributed by atoms with E-state index in [1.807, 2.05) is 0 Å². The minimum Gasteiger partial charge on any atom is -0.496 e. The van der Waals surface area contributed by atoms with Gasteiger partial charge in [-0.3, -0.25) is 4.79 Å². The minimum atomic E-state index is -0.0601. The lowest BCUT2D eigenvalue weighted by molar-refractivity contribution is 0.101. The van der Waals surface area contributed by atoms with Crippen molar-refractivity contribution in [3.8, 4) is 11.5 Å². The van der Waals surface area contributed by atoms with Gasteiger partial charge in [-0.05, 0) is 41.6 Å². The molecule has 0 amide bonds. The Morgan fingerprint density at radius 1 is 1.21 bits per heavy atom. The third kappa shape index (κ3) is 2.17. The fourth-order valence-electron chi connectivity index (χ4n) is 1.23. The van der Waals surface area contributed by atoms with Crippen LogP contribution in [0.1, 0.15) is 17.3 Å². The van der Waals surface area contributed by atoms with Crippen LogP contribution in [-0.2, 0) is 0 Å². The van der Waals surface area contributed by atoms with Gasteiger partial charge in [0.2, 0.25) is 0 Å². The van der Waals surface area contributed by atoms with Gasteiger partial charge in [0.15, 0.2) is 5.78 Å². The van der Waals surface area contributed by atoms with E-state index in [1.165, 1.54) is 21.1 Å². The topological polar surface area (TPSA) is 35.5 Å². The number of carbonyl (C=O) groups is 1. The van der Waals surface area contributed by atoms with Crippen LogP contribution < -0.4 is 9.47 Å². The van der Waals surface area contributed by atoms with Gasteiger partial charge >= 0.3 is 0 Å². The van der Waals surface area contributed by atoms with E-state index in [0.717, 1.165) is 3.57 Å². The number of halogens is 1. The first-order valence-electron chi connectivity index (χ1n) is 4.02. The average molecular weight is 306 g/mol. The molecule has 0 saturated heterocycles. The third-order valence-electron chi connectivity index (χ3n) is 1.82. The molecule has 0 N–H and O–H groups in total. The van der Waals surface area contributed by atoms with E-state index in [-0.39, 0.29) is 5.78 Å². The molecule has 0 radical (unpaired) electrons. The van der Waals surface area contributed by atoms with Gasteiger partial charge in [0.1, 0.15) is 17.1 Å². The summed E-state index contributed by atoms with van der Waals surface area (Å²) in [5, 5.41) is 0. The lowest BCUT2D eigenvalue weighted by Gasteiger charge is -2.11. The third-order valence-corrected chi connectivity index (χ3v) is 2.45. The lowest BCUT2D eigenvalue weighted by atomic mass is 10.1. The van der Waals surface area contributed by atoms with Gasteiger partial charge in [-0.1, -0.05) is 0 Å². The number of rotatable bonds is 3. The summed E-state index contributed by atoms with van der Waals surface area (Å²) in [6, 6.07) is 3.61. The van der Waals surface area contributed by atoms with Crippen LogP contribution in [0.4, 0.5) is 0 Å². The van der Waals surface area contributed by atoms with Crippen LogP contribution in [0.5, 0.6) is 11.5 Å². The Morgan fingerprint density at radius 2 is 1.64 bits per heavy atom. The molecule has 76 valence electrons. The number of carbonyl (C=O) groups excluding carboxylic acids is 1. The van der Waals surface area contributed by atoms with Crippen LogP contribution >= 0.6 is 22.6 Å². The highest BCUT2D eigenvalue weighted by molar-refractivity contribution is 14.1. The van der Waals surface area contributed by atoms with Gasteiger partial charge in [-0.2, -0.15) is 0 Å². The summed E-state index contributed by atoms with van der Waals surface area (Å²) >= 11 is 2.15. The molecule has 3 nitrogen and oxygen atoms in total. The smallest absolute Gasteiger partial charge is 0.167 e. The Bertz CT molecular complexity index is 335. The van der Waals surface area contributed by atoms with E-state index in [1.54, 1.807) is 12.1 Å². The Kier molecular flexibility index (Phi) is 3.74. The molecular formula is C10H11IO3. The van der Waals surface area contributed by atoms with Crippen molar-refractivity contribution in [3.63, 3.8) is 0 Å². The van der Waals surface area contributed by atoms with E-state index in [0.29, 0.717) is 17.1 Å². The highest BCUT2D eigenvalue weighted by Crippen LogP contribution is 2.31. The lowest BCUT2D eigenvalue weighted by Crippen LogP contribution is -2.02. The molecule has 0 aliphatic rings. The molecule has 4 heteroatoms. The van der Waals surface area contributed by atoms with Crippen LogP contribution in [0.2, 0.25) is 0 Å². The minimum absolute atomic E-state index is 0.0601.